The summed E-state index contributed by atoms with van der Waals surface area (Å²) in [6, 6.07) is 13.0. The van der Waals surface area contributed by atoms with Gasteiger partial charge in [0.1, 0.15) is 0 Å². The Morgan fingerprint density at radius 3 is 2.81 bits per heavy atom. The molecule has 0 bridgehead atoms. The maximum Gasteiger partial charge on any atom is 0.256 e. The Balaban J connectivity index is 1.49. The Bertz CT molecular complexity index is 847. The minimum atomic E-state index is -0.147. The molecule has 2 aliphatic heterocycles. The average Bonchev–Trinajstić information content (AvgIpc) is 2.82. The van der Waals surface area contributed by atoms with Gasteiger partial charge in [0.25, 0.3) is 11.8 Å². The molecule has 2 aromatic rings. The number of rotatable bonds is 3. The van der Waals surface area contributed by atoms with E-state index in [1.54, 1.807) is 6.07 Å². The van der Waals surface area contributed by atoms with Gasteiger partial charge in [-0.3, -0.25) is 9.59 Å². The molecule has 2 aromatic carbocycles. The summed E-state index contributed by atoms with van der Waals surface area (Å²) in [5.41, 5.74) is 1.89. The van der Waals surface area contributed by atoms with Gasteiger partial charge in [-0.05, 0) is 49.1 Å². The van der Waals surface area contributed by atoms with Crippen LogP contribution in [-0.4, -0.2) is 31.6 Å². The fraction of sp³-hybridized carbons (Fsp3) is 0.300. The van der Waals surface area contributed by atoms with Gasteiger partial charge in [-0.2, -0.15) is 0 Å². The van der Waals surface area contributed by atoms with Crippen molar-refractivity contribution >= 4 is 29.3 Å². The first-order valence-electron chi connectivity index (χ1n) is 8.79. The highest BCUT2D eigenvalue weighted by atomic mass is 32.2. The molecule has 0 unspecified atom stereocenters. The van der Waals surface area contributed by atoms with E-state index in [4.69, 9.17) is 4.74 Å². The van der Waals surface area contributed by atoms with E-state index in [0.29, 0.717) is 29.3 Å². The fourth-order valence-electron chi connectivity index (χ4n) is 3.20. The molecular weight excluding hydrogens is 348 g/mol. The van der Waals surface area contributed by atoms with E-state index in [9.17, 15) is 9.59 Å². The van der Waals surface area contributed by atoms with E-state index in [1.807, 2.05) is 36.4 Å². The van der Waals surface area contributed by atoms with E-state index in [0.717, 1.165) is 35.8 Å². The molecule has 5 nitrogen and oxygen atoms in total. The molecule has 2 heterocycles. The van der Waals surface area contributed by atoms with Crippen molar-refractivity contribution in [3.05, 3.63) is 53.6 Å². The van der Waals surface area contributed by atoms with E-state index < -0.39 is 0 Å². The predicted molar refractivity (Wildman–Crippen MR) is 101 cm³/mol. The van der Waals surface area contributed by atoms with Crippen molar-refractivity contribution in [3.8, 4) is 0 Å². The Morgan fingerprint density at radius 2 is 1.96 bits per heavy atom. The van der Waals surface area contributed by atoms with E-state index in [2.05, 4.69) is 10.6 Å². The average molecular weight is 368 g/mol. The summed E-state index contributed by atoms with van der Waals surface area (Å²) in [5.74, 6) is 0.213. The molecule has 134 valence electrons. The van der Waals surface area contributed by atoms with Crippen molar-refractivity contribution in [1.29, 1.82) is 0 Å². The first-order chi connectivity index (χ1) is 12.7. The van der Waals surface area contributed by atoms with Crippen LogP contribution in [0, 0.1) is 5.92 Å². The van der Waals surface area contributed by atoms with Gasteiger partial charge in [0.2, 0.25) is 0 Å². The summed E-state index contributed by atoms with van der Waals surface area (Å²) in [5, 5.41) is 5.93. The zero-order valence-electron chi connectivity index (χ0n) is 14.3. The van der Waals surface area contributed by atoms with Crippen LogP contribution in [0.2, 0.25) is 0 Å². The summed E-state index contributed by atoms with van der Waals surface area (Å²) in [6.07, 6.45) is 1.96. The van der Waals surface area contributed by atoms with Gasteiger partial charge in [-0.1, -0.05) is 23.9 Å². The number of carbonyl (C=O) groups excluding carboxylic acids is 2. The van der Waals surface area contributed by atoms with E-state index >= 15 is 0 Å². The molecule has 0 atom stereocenters. The SMILES string of the molecule is O=C(NCC1CCOCC1)c1ccc2c(c1)NC(=O)c1ccccc1S2. The highest BCUT2D eigenvalue weighted by Gasteiger charge is 2.21. The van der Waals surface area contributed by atoms with E-state index in [1.165, 1.54) is 11.8 Å². The van der Waals surface area contributed by atoms with E-state index in [-0.39, 0.29) is 11.8 Å². The predicted octanol–water partition coefficient (Wildman–Crippen LogP) is 3.56. The number of anilines is 1. The molecule has 0 spiro atoms. The highest BCUT2D eigenvalue weighted by molar-refractivity contribution is 7.99. The maximum atomic E-state index is 12.5. The standard InChI is InChI=1S/C20H20N2O3S/c23-19(21-12-13-7-9-25-10-8-13)14-5-6-18-16(11-14)22-20(24)15-3-1-2-4-17(15)26-18/h1-6,11,13H,7-10,12H2,(H,21,23)(H,22,24). The molecule has 6 heteroatoms. The Morgan fingerprint density at radius 1 is 1.15 bits per heavy atom. The lowest BCUT2D eigenvalue weighted by molar-refractivity contribution is 0.0642. The second-order valence-corrected chi connectivity index (χ2v) is 7.61. The van der Waals surface area contributed by atoms with Gasteiger partial charge in [0.15, 0.2) is 0 Å². The fourth-order valence-corrected chi connectivity index (χ4v) is 4.21. The summed E-state index contributed by atoms with van der Waals surface area (Å²) in [6.45, 7) is 2.19. The third-order valence-corrected chi connectivity index (χ3v) is 5.89. The van der Waals surface area contributed by atoms with Gasteiger partial charge in [-0.15, -0.1) is 0 Å². The van der Waals surface area contributed by atoms with Gasteiger partial charge in [0, 0.05) is 35.1 Å². The Hall–Kier alpha value is -2.31. The summed E-state index contributed by atoms with van der Waals surface area (Å²) >= 11 is 1.53. The van der Waals surface area contributed by atoms with Crippen molar-refractivity contribution in [2.75, 3.05) is 25.1 Å². The summed E-state index contributed by atoms with van der Waals surface area (Å²) in [7, 11) is 0. The number of hydrogen-bond donors (Lipinski definition) is 2. The first kappa shape index (κ1) is 17.1. The van der Waals surface area contributed by atoms with Crippen molar-refractivity contribution in [2.45, 2.75) is 22.6 Å². The molecule has 26 heavy (non-hydrogen) atoms. The van der Waals surface area contributed by atoms with Gasteiger partial charge >= 0.3 is 0 Å². The largest absolute Gasteiger partial charge is 0.381 e. The van der Waals surface area contributed by atoms with Crippen molar-refractivity contribution in [2.24, 2.45) is 5.92 Å². The topological polar surface area (TPSA) is 67.4 Å². The Labute approximate surface area is 156 Å². The van der Waals surface area contributed by atoms with Crippen LogP contribution in [0.4, 0.5) is 5.69 Å². The lowest BCUT2D eigenvalue weighted by atomic mass is 10.0. The van der Waals surface area contributed by atoms with Crippen LogP contribution in [0.25, 0.3) is 0 Å². The number of fused-ring (bicyclic) bond motifs is 2. The highest BCUT2D eigenvalue weighted by Crippen LogP contribution is 2.38. The monoisotopic (exact) mass is 368 g/mol. The normalized spacial score (nSPS) is 16.8. The number of benzene rings is 2. The molecule has 2 amide bonds. The van der Waals surface area contributed by atoms with Crippen molar-refractivity contribution in [3.63, 3.8) is 0 Å². The van der Waals surface area contributed by atoms with Crippen LogP contribution >= 0.6 is 11.8 Å². The van der Waals surface area contributed by atoms with Crippen molar-refractivity contribution < 1.29 is 14.3 Å². The smallest absolute Gasteiger partial charge is 0.256 e. The first-order valence-corrected chi connectivity index (χ1v) is 9.60. The number of hydrogen-bond acceptors (Lipinski definition) is 4. The molecule has 0 aromatic heterocycles. The van der Waals surface area contributed by atoms with Gasteiger partial charge in [0.05, 0.1) is 11.3 Å². The number of amides is 2. The second-order valence-electron chi connectivity index (χ2n) is 6.53. The molecule has 0 saturated carbocycles. The third-order valence-electron chi connectivity index (χ3n) is 4.73. The second kappa shape index (κ2) is 7.51. The lowest BCUT2D eigenvalue weighted by Crippen LogP contribution is -2.32. The molecule has 0 aliphatic carbocycles. The van der Waals surface area contributed by atoms with Crippen LogP contribution in [0.5, 0.6) is 0 Å². The molecule has 2 aliphatic rings. The van der Waals surface area contributed by atoms with Crippen LogP contribution in [0.3, 0.4) is 0 Å². The van der Waals surface area contributed by atoms with Crippen LogP contribution < -0.4 is 10.6 Å². The van der Waals surface area contributed by atoms with Crippen LogP contribution in [0.15, 0.2) is 52.3 Å². The maximum absolute atomic E-state index is 12.5. The van der Waals surface area contributed by atoms with Crippen molar-refractivity contribution in [1.82, 2.24) is 5.32 Å². The molecule has 1 saturated heterocycles. The summed E-state index contributed by atoms with van der Waals surface area (Å²) in [4.78, 5) is 26.8. The number of carbonyl (C=O) groups is 2. The molecule has 0 radical (unpaired) electrons. The zero-order chi connectivity index (χ0) is 17.9. The van der Waals surface area contributed by atoms with Crippen LogP contribution in [-0.2, 0) is 4.74 Å². The molecule has 2 N–H and O–H groups in total. The lowest BCUT2D eigenvalue weighted by Gasteiger charge is -2.22. The van der Waals surface area contributed by atoms with Gasteiger partial charge < -0.3 is 15.4 Å². The molecule has 4 rings (SSSR count). The Kier molecular flexibility index (Phi) is 4.95. The van der Waals surface area contributed by atoms with Gasteiger partial charge in [-0.25, -0.2) is 0 Å². The van der Waals surface area contributed by atoms with Crippen LogP contribution in [0.1, 0.15) is 33.6 Å². The third kappa shape index (κ3) is 3.61. The molecular formula is C20H20N2O3S. The zero-order valence-corrected chi connectivity index (χ0v) is 15.1. The quantitative estimate of drug-likeness (QED) is 0.869. The minimum Gasteiger partial charge on any atom is -0.381 e. The minimum absolute atomic E-state index is 0.111. The molecule has 1 fully saturated rings. The number of nitrogens with one attached hydrogen (secondary N) is 2. The number of ether oxygens (including phenoxy) is 1. The summed E-state index contributed by atoms with van der Waals surface area (Å²) < 4.78 is 5.35.